The van der Waals surface area contributed by atoms with Gasteiger partial charge in [-0.3, -0.25) is 4.79 Å². The summed E-state index contributed by atoms with van der Waals surface area (Å²) in [6.07, 6.45) is 4.28. The molecular formula is C18H20ClFN2O2. The number of anilines is 2. The molecule has 0 radical (unpaired) electrons. The lowest BCUT2D eigenvalue weighted by molar-refractivity contribution is 0.102. The molecule has 3 N–H and O–H groups in total. The Morgan fingerprint density at radius 3 is 2.58 bits per heavy atom. The van der Waals surface area contributed by atoms with E-state index in [0.717, 1.165) is 25.7 Å². The fraction of sp³-hybridized carbons (Fsp3) is 0.278. The summed E-state index contributed by atoms with van der Waals surface area (Å²) in [6, 6.07) is 11.1. The minimum absolute atomic E-state index is 0. The van der Waals surface area contributed by atoms with Gasteiger partial charge in [-0.2, -0.15) is 0 Å². The molecule has 4 nitrogen and oxygen atoms in total. The van der Waals surface area contributed by atoms with Gasteiger partial charge in [0.05, 0.1) is 6.10 Å². The molecule has 1 aliphatic rings. The number of carbonyl (C=O) groups is 1. The highest BCUT2D eigenvalue weighted by molar-refractivity contribution is 6.04. The van der Waals surface area contributed by atoms with Crippen molar-refractivity contribution in [3.63, 3.8) is 0 Å². The molecule has 1 aliphatic carbocycles. The standard InChI is InChI=1S/C18H19FN2O2.ClH/c19-16-11-14(8-9-17(16)23-15-6-1-2-7-15)21-18(22)12-4-3-5-13(20)10-12;/h3-5,8-11,15H,1-2,6-7,20H2,(H,21,22);1H. The molecule has 128 valence electrons. The molecule has 0 unspecified atom stereocenters. The van der Waals surface area contributed by atoms with Gasteiger partial charge in [-0.15, -0.1) is 12.4 Å². The van der Waals surface area contributed by atoms with Gasteiger partial charge in [0, 0.05) is 23.0 Å². The van der Waals surface area contributed by atoms with Gasteiger partial charge in [0.1, 0.15) is 0 Å². The third kappa shape index (κ3) is 4.38. The summed E-state index contributed by atoms with van der Waals surface area (Å²) >= 11 is 0. The highest BCUT2D eigenvalue weighted by Gasteiger charge is 2.18. The summed E-state index contributed by atoms with van der Waals surface area (Å²) < 4.78 is 19.8. The summed E-state index contributed by atoms with van der Waals surface area (Å²) in [5.74, 6) is -0.567. The van der Waals surface area contributed by atoms with Gasteiger partial charge in [-0.1, -0.05) is 6.07 Å². The molecular weight excluding hydrogens is 331 g/mol. The molecule has 6 heteroatoms. The van der Waals surface area contributed by atoms with E-state index in [9.17, 15) is 9.18 Å². The Balaban J connectivity index is 0.00000208. The van der Waals surface area contributed by atoms with Crippen molar-refractivity contribution in [2.75, 3.05) is 11.1 Å². The molecule has 0 saturated heterocycles. The lowest BCUT2D eigenvalue weighted by Crippen LogP contribution is -2.14. The summed E-state index contributed by atoms with van der Waals surface area (Å²) in [4.78, 5) is 12.1. The average Bonchev–Trinajstić information content (AvgIpc) is 3.03. The molecule has 0 heterocycles. The largest absolute Gasteiger partial charge is 0.487 e. The van der Waals surface area contributed by atoms with Gasteiger partial charge < -0.3 is 15.8 Å². The zero-order valence-corrected chi connectivity index (χ0v) is 13.9. The molecule has 0 bridgehead atoms. The van der Waals surface area contributed by atoms with E-state index in [1.54, 1.807) is 36.4 Å². The van der Waals surface area contributed by atoms with E-state index in [1.165, 1.54) is 6.07 Å². The van der Waals surface area contributed by atoms with Crippen molar-refractivity contribution in [3.8, 4) is 5.75 Å². The quantitative estimate of drug-likeness (QED) is 0.803. The van der Waals surface area contributed by atoms with Crippen LogP contribution in [0.5, 0.6) is 5.75 Å². The second-order valence-electron chi connectivity index (χ2n) is 5.75. The van der Waals surface area contributed by atoms with E-state index in [-0.39, 0.29) is 30.2 Å². The van der Waals surface area contributed by atoms with Crippen molar-refractivity contribution in [1.82, 2.24) is 0 Å². The second kappa shape index (κ2) is 8.02. The fourth-order valence-electron chi connectivity index (χ4n) is 2.74. The van der Waals surface area contributed by atoms with Crippen LogP contribution in [0.4, 0.5) is 15.8 Å². The molecule has 0 spiro atoms. The van der Waals surface area contributed by atoms with Crippen LogP contribution in [-0.2, 0) is 0 Å². The van der Waals surface area contributed by atoms with Gasteiger partial charge in [0.15, 0.2) is 11.6 Å². The van der Waals surface area contributed by atoms with Crippen LogP contribution in [0.2, 0.25) is 0 Å². The number of nitrogens with one attached hydrogen (secondary N) is 1. The van der Waals surface area contributed by atoms with Gasteiger partial charge in [-0.05, 0) is 56.0 Å². The van der Waals surface area contributed by atoms with Crippen molar-refractivity contribution >= 4 is 29.7 Å². The van der Waals surface area contributed by atoms with Crippen molar-refractivity contribution in [2.24, 2.45) is 0 Å². The summed E-state index contributed by atoms with van der Waals surface area (Å²) in [5, 5.41) is 2.66. The van der Waals surface area contributed by atoms with Gasteiger partial charge in [0.25, 0.3) is 5.91 Å². The Hall–Kier alpha value is -2.27. The maximum absolute atomic E-state index is 14.1. The summed E-state index contributed by atoms with van der Waals surface area (Å²) in [6.45, 7) is 0. The fourth-order valence-corrected chi connectivity index (χ4v) is 2.74. The van der Waals surface area contributed by atoms with Crippen LogP contribution in [-0.4, -0.2) is 12.0 Å². The lowest BCUT2D eigenvalue weighted by Gasteiger charge is -2.14. The third-order valence-electron chi connectivity index (χ3n) is 3.93. The SMILES string of the molecule is Cl.Nc1cccc(C(=O)Nc2ccc(OC3CCCC3)c(F)c2)c1. The van der Waals surface area contributed by atoms with Crippen LogP contribution in [0, 0.1) is 5.82 Å². The van der Waals surface area contributed by atoms with Gasteiger partial charge in [0.2, 0.25) is 0 Å². The monoisotopic (exact) mass is 350 g/mol. The highest BCUT2D eigenvalue weighted by Crippen LogP contribution is 2.27. The Kier molecular flexibility index (Phi) is 6.04. The summed E-state index contributed by atoms with van der Waals surface area (Å²) in [5.41, 5.74) is 6.97. The molecule has 0 aliphatic heterocycles. The van der Waals surface area contributed by atoms with E-state index in [1.807, 2.05) is 0 Å². The highest BCUT2D eigenvalue weighted by atomic mass is 35.5. The number of amides is 1. The molecule has 1 amide bonds. The molecule has 1 saturated carbocycles. The number of nitrogen functional groups attached to an aromatic ring is 1. The van der Waals surface area contributed by atoms with Crippen molar-refractivity contribution in [2.45, 2.75) is 31.8 Å². The number of ether oxygens (including phenoxy) is 1. The van der Waals surface area contributed by atoms with Gasteiger partial charge >= 0.3 is 0 Å². The number of hydrogen-bond acceptors (Lipinski definition) is 3. The van der Waals surface area contributed by atoms with E-state index in [4.69, 9.17) is 10.5 Å². The molecule has 2 aromatic rings. The van der Waals surface area contributed by atoms with E-state index in [2.05, 4.69) is 5.32 Å². The Bertz CT molecular complexity index is 718. The second-order valence-corrected chi connectivity index (χ2v) is 5.75. The van der Waals surface area contributed by atoms with E-state index >= 15 is 0 Å². The van der Waals surface area contributed by atoms with Crippen molar-refractivity contribution < 1.29 is 13.9 Å². The van der Waals surface area contributed by atoms with Crippen LogP contribution in [0.15, 0.2) is 42.5 Å². The topological polar surface area (TPSA) is 64.4 Å². The summed E-state index contributed by atoms with van der Waals surface area (Å²) in [7, 11) is 0. The van der Waals surface area contributed by atoms with Crippen molar-refractivity contribution in [3.05, 3.63) is 53.8 Å². The van der Waals surface area contributed by atoms with Crippen LogP contribution < -0.4 is 15.8 Å². The van der Waals surface area contributed by atoms with Crippen LogP contribution in [0.3, 0.4) is 0 Å². The number of nitrogens with two attached hydrogens (primary N) is 1. The first-order chi connectivity index (χ1) is 11.1. The number of halogens is 2. The molecule has 1 fully saturated rings. The van der Waals surface area contributed by atoms with Crippen LogP contribution in [0.25, 0.3) is 0 Å². The molecule has 0 atom stereocenters. The minimum Gasteiger partial charge on any atom is -0.487 e. The number of benzene rings is 2. The van der Waals surface area contributed by atoms with Crippen LogP contribution in [0.1, 0.15) is 36.0 Å². The Morgan fingerprint density at radius 2 is 1.92 bits per heavy atom. The molecule has 3 rings (SSSR count). The lowest BCUT2D eigenvalue weighted by atomic mass is 10.2. The van der Waals surface area contributed by atoms with Crippen LogP contribution >= 0.6 is 12.4 Å². The smallest absolute Gasteiger partial charge is 0.255 e. The zero-order chi connectivity index (χ0) is 16.2. The minimum atomic E-state index is -0.470. The predicted molar refractivity (Wildman–Crippen MR) is 95.3 cm³/mol. The normalized spacial score (nSPS) is 14.0. The zero-order valence-electron chi connectivity index (χ0n) is 13.1. The first kappa shape index (κ1) is 18.1. The maximum Gasteiger partial charge on any atom is 0.255 e. The molecule has 24 heavy (non-hydrogen) atoms. The third-order valence-corrected chi connectivity index (χ3v) is 3.93. The van der Waals surface area contributed by atoms with Gasteiger partial charge in [-0.25, -0.2) is 4.39 Å². The molecule has 0 aromatic heterocycles. The predicted octanol–water partition coefficient (Wildman–Crippen LogP) is 4.40. The van der Waals surface area contributed by atoms with Crippen molar-refractivity contribution in [1.29, 1.82) is 0 Å². The Morgan fingerprint density at radius 1 is 1.17 bits per heavy atom. The average molecular weight is 351 g/mol. The first-order valence-corrected chi connectivity index (χ1v) is 7.75. The Labute approximate surface area is 146 Å². The maximum atomic E-state index is 14.1. The molecule has 2 aromatic carbocycles. The number of rotatable bonds is 4. The van der Waals surface area contributed by atoms with E-state index in [0.29, 0.717) is 16.9 Å². The van der Waals surface area contributed by atoms with E-state index < -0.39 is 5.82 Å². The number of carbonyl (C=O) groups excluding carboxylic acids is 1. The first-order valence-electron chi connectivity index (χ1n) is 7.75. The number of hydrogen-bond donors (Lipinski definition) is 2.